The highest BCUT2D eigenvalue weighted by Gasteiger charge is 2.22. The average Bonchev–Trinajstić information content (AvgIpc) is 3.64. The predicted molar refractivity (Wildman–Crippen MR) is 194 cm³/mol. The van der Waals surface area contributed by atoms with Gasteiger partial charge in [-0.2, -0.15) is 5.10 Å². The van der Waals surface area contributed by atoms with Gasteiger partial charge in [0.05, 0.1) is 28.1 Å². The van der Waals surface area contributed by atoms with Crippen LogP contribution in [0, 0.1) is 6.92 Å². The Morgan fingerprint density at radius 3 is 2.28 bits per heavy atom. The van der Waals surface area contributed by atoms with E-state index in [2.05, 4.69) is 136 Å². The largest absolute Gasteiger partial charge is 0.457 e. The molecule has 0 saturated carbocycles. The van der Waals surface area contributed by atoms with Gasteiger partial charge in [-0.25, -0.2) is 9.67 Å². The molecule has 0 amide bonds. The standard InChI is InChI=1S/C42H42N4O/c1-7-36-41(29-14-11-10-12-15-29)37(8-2)46(44-36)31-16-13-17-32(26-31)47-33-19-20-34-35-25-30(42(5,6)9-3)18-21-38(35)45(39(34)27-33)40-24-28(4)22-23-43-40/h10-27H,7-9H2,1-6H3. The predicted octanol–water partition coefficient (Wildman–Crippen LogP) is 10.9. The minimum atomic E-state index is 0.0875. The quantitative estimate of drug-likeness (QED) is 0.162. The summed E-state index contributed by atoms with van der Waals surface area (Å²) in [6, 6.07) is 36.3. The molecule has 0 radical (unpaired) electrons. The fraction of sp³-hybridized carbons (Fsp3) is 0.238. The minimum Gasteiger partial charge on any atom is -0.457 e. The Bertz CT molecular complexity index is 2220. The molecule has 0 unspecified atom stereocenters. The molecule has 0 atom stereocenters. The molecule has 0 fully saturated rings. The summed E-state index contributed by atoms with van der Waals surface area (Å²) < 4.78 is 11.0. The van der Waals surface area contributed by atoms with Gasteiger partial charge in [-0.15, -0.1) is 0 Å². The SMILES string of the molecule is CCc1nn(-c2cccc(Oc3ccc4c5cc(C(C)(C)CC)ccc5n(-c5cc(C)ccn5)c4c3)c2)c(CC)c1-c1ccccc1. The number of ether oxygens (including phenoxy) is 1. The van der Waals surface area contributed by atoms with Gasteiger partial charge in [0.2, 0.25) is 0 Å². The van der Waals surface area contributed by atoms with Crippen molar-refractivity contribution in [3.05, 3.63) is 132 Å². The lowest BCUT2D eigenvalue weighted by Gasteiger charge is -2.23. The number of rotatable bonds is 9. The smallest absolute Gasteiger partial charge is 0.137 e. The molecule has 0 bridgehead atoms. The van der Waals surface area contributed by atoms with Gasteiger partial charge in [0, 0.05) is 34.7 Å². The summed E-state index contributed by atoms with van der Waals surface area (Å²) in [5.41, 5.74) is 10.5. The van der Waals surface area contributed by atoms with Crippen LogP contribution in [0.4, 0.5) is 0 Å². The van der Waals surface area contributed by atoms with Crippen molar-refractivity contribution in [2.75, 3.05) is 0 Å². The molecule has 0 spiro atoms. The number of benzene rings is 4. The Kier molecular flexibility index (Phi) is 7.93. The van der Waals surface area contributed by atoms with E-state index in [1.54, 1.807) is 0 Å². The van der Waals surface area contributed by atoms with Crippen molar-refractivity contribution in [3.63, 3.8) is 0 Å². The van der Waals surface area contributed by atoms with Crippen molar-refractivity contribution in [2.24, 2.45) is 0 Å². The van der Waals surface area contributed by atoms with Gasteiger partial charge in [0.1, 0.15) is 17.3 Å². The molecule has 47 heavy (non-hydrogen) atoms. The van der Waals surface area contributed by atoms with Crippen molar-refractivity contribution >= 4 is 21.8 Å². The van der Waals surface area contributed by atoms with Crippen molar-refractivity contribution in [2.45, 2.75) is 66.2 Å². The second-order valence-electron chi connectivity index (χ2n) is 13.0. The Hall–Kier alpha value is -5.16. The summed E-state index contributed by atoms with van der Waals surface area (Å²) in [7, 11) is 0. The highest BCUT2D eigenvalue weighted by atomic mass is 16.5. The van der Waals surface area contributed by atoms with Crippen LogP contribution in [0.1, 0.15) is 63.6 Å². The number of nitrogens with zero attached hydrogens (tertiary/aromatic N) is 4. The molecule has 5 heteroatoms. The van der Waals surface area contributed by atoms with Crippen molar-refractivity contribution in [3.8, 4) is 34.1 Å². The molecule has 0 N–H and O–H groups in total. The molecule has 5 nitrogen and oxygen atoms in total. The van der Waals surface area contributed by atoms with Gasteiger partial charge in [-0.3, -0.25) is 4.57 Å². The van der Waals surface area contributed by atoms with Gasteiger partial charge in [0.15, 0.2) is 0 Å². The highest BCUT2D eigenvalue weighted by Crippen LogP contribution is 2.38. The van der Waals surface area contributed by atoms with Crippen molar-refractivity contribution < 1.29 is 4.74 Å². The number of fused-ring (bicyclic) bond motifs is 3. The van der Waals surface area contributed by atoms with Crippen LogP contribution in [-0.4, -0.2) is 19.3 Å². The number of pyridine rings is 1. The zero-order valence-corrected chi connectivity index (χ0v) is 28.2. The number of aromatic nitrogens is 4. The van der Waals surface area contributed by atoms with E-state index in [4.69, 9.17) is 14.8 Å². The van der Waals surface area contributed by atoms with Crippen LogP contribution >= 0.6 is 0 Å². The lowest BCUT2D eigenvalue weighted by atomic mass is 9.82. The Morgan fingerprint density at radius 1 is 0.723 bits per heavy atom. The van der Waals surface area contributed by atoms with E-state index in [0.29, 0.717) is 0 Å². The molecule has 4 aromatic carbocycles. The zero-order chi connectivity index (χ0) is 32.7. The van der Waals surface area contributed by atoms with Crippen molar-refractivity contribution in [1.29, 1.82) is 0 Å². The van der Waals surface area contributed by atoms with E-state index in [1.165, 1.54) is 38.7 Å². The van der Waals surface area contributed by atoms with E-state index in [-0.39, 0.29) is 5.41 Å². The number of hydrogen-bond acceptors (Lipinski definition) is 3. The van der Waals surface area contributed by atoms with Crippen LogP contribution in [0.15, 0.2) is 109 Å². The Morgan fingerprint density at radius 2 is 1.53 bits per heavy atom. The van der Waals surface area contributed by atoms with E-state index >= 15 is 0 Å². The van der Waals surface area contributed by atoms with Crippen LogP contribution in [-0.2, 0) is 18.3 Å². The third-order valence-corrected chi connectivity index (χ3v) is 9.62. The molecule has 7 aromatic rings. The van der Waals surface area contributed by atoms with Gasteiger partial charge in [-0.05, 0) is 96.8 Å². The minimum absolute atomic E-state index is 0.0875. The number of aryl methyl sites for hydroxylation is 2. The average molecular weight is 619 g/mol. The summed E-state index contributed by atoms with van der Waals surface area (Å²) in [6.45, 7) is 13.4. The topological polar surface area (TPSA) is 44.9 Å². The van der Waals surface area contributed by atoms with E-state index < -0.39 is 0 Å². The summed E-state index contributed by atoms with van der Waals surface area (Å²) >= 11 is 0. The lowest BCUT2D eigenvalue weighted by molar-refractivity contribution is 0.482. The fourth-order valence-corrected chi connectivity index (χ4v) is 6.62. The molecular weight excluding hydrogens is 576 g/mol. The molecule has 0 aliphatic carbocycles. The normalized spacial score (nSPS) is 11.9. The van der Waals surface area contributed by atoms with Gasteiger partial charge in [-0.1, -0.05) is 77.1 Å². The van der Waals surface area contributed by atoms with Crippen LogP contribution in [0.2, 0.25) is 0 Å². The maximum atomic E-state index is 6.60. The van der Waals surface area contributed by atoms with E-state index in [0.717, 1.165) is 59.0 Å². The number of hydrogen-bond donors (Lipinski definition) is 0. The molecular formula is C42H42N4O. The first-order valence-electron chi connectivity index (χ1n) is 16.8. The summed E-state index contributed by atoms with van der Waals surface area (Å²) in [6.07, 6.45) is 4.68. The van der Waals surface area contributed by atoms with Gasteiger partial charge >= 0.3 is 0 Å². The van der Waals surface area contributed by atoms with Gasteiger partial charge in [0.25, 0.3) is 0 Å². The van der Waals surface area contributed by atoms with E-state index in [1.807, 2.05) is 24.4 Å². The molecule has 7 rings (SSSR count). The third kappa shape index (κ3) is 5.50. The van der Waals surface area contributed by atoms with Crippen molar-refractivity contribution in [1.82, 2.24) is 19.3 Å². The maximum Gasteiger partial charge on any atom is 0.137 e. The molecule has 0 aliphatic rings. The zero-order valence-electron chi connectivity index (χ0n) is 28.2. The second-order valence-corrected chi connectivity index (χ2v) is 13.0. The van der Waals surface area contributed by atoms with Crippen LogP contribution in [0.3, 0.4) is 0 Å². The second kappa shape index (κ2) is 12.2. The first-order valence-corrected chi connectivity index (χ1v) is 16.8. The van der Waals surface area contributed by atoms with Gasteiger partial charge < -0.3 is 4.74 Å². The summed E-state index contributed by atoms with van der Waals surface area (Å²) in [4.78, 5) is 4.80. The summed E-state index contributed by atoms with van der Waals surface area (Å²) in [5, 5.41) is 7.50. The molecule has 3 aromatic heterocycles. The lowest BCUT2D eigenvalue weighted by Crippen LogP contribution is -2.15. The Labute approximate surface area is 277 Å². The van der Waals surface area contributed by atoms with Crippen LogP contribution < -0.4 is 4.74 Å². The fourth-order valence-electron chi connectivity index (χ4n) is 6.62. The first-order chi connectivity index (χ1) is 22.8. The molecule has 0 aliphatic heterocycles. The molecule has 236 valence electrons. The maximum absolute atomic E-state index is 6.60. The monoisotopic (exact) mass is 618 g/mol. The first kappa shape index (κ1) is 30.5. The summed E-state index contributed by atoms with van der Waals surface area (Å²) in [5.74, 6) is 2.44. The molecule has 0 saturated heterocycles. The molecule has 3 heterocycles. The van der Waals surface area contributed by atoms with Crippen LogP contribution in [0.25, 0.3) is 44.4 Å². The van der Waals surface area contributed by atoms with E-state index in [9.17, 15) is 0 Å². The Balaban J connectivity index is 1.32. The van der Waals surface area contributed by atoms with Crippen LogP contribution in [0.5, 0.6) is 11.5 Å². The third-order valence-electron chi connectivity index (χ3n) is 9.62. The highest BCUT2D eigenvalue weighted by molar-refractivity contribution is 6.09.